The summed E-state index contributed by atoms with van der Waals surface area (Å²) in [6.07, 6.45) is 0. The van der Waals surface area contributed by atoms with E-state index in [4.69, 9.17) is 4.74 Å². The van der Waals surface area contributed by atoms with Crippen LogP contribution in [0.25, 0.3) is 22.2 Å². The second kappa shape index (κ2) is 5.87. The van der Waals surface area contributed by atoms with Crippen LogP contribution < -0.4 is 4.74 Å². The molecule has 0 saturated heterocycles. The number of benzene rings is 2. The Morgan fingerprint density at radius 3 is 2.50 bits per heavy atom. The van der Waals surface area contributed by atoms with Gasteiger partial charge in [0.15, 0.2) is 11.7 Å². The first-order chi connectivity index (χ1) is 12.7. The van der Waals surface area contributed by atoms with E-state index in [1.807, 2.05) is 6.07 Å². The Kier molecular flexibility index (Phi) is 3.53. The molecule has 0 fully saturated rings. The Balaban J connectivity index is 2.05. The Morgan fingerprint density at radius 1 is 1.12 bits per heavy atom. The van der Waals surface area contributed by atoms with Gasteiger partial charge in [0.1, 0.15) is 17.4 Å². The summed E-state index contributed by atoms with van der Waals surface area (Å²) in [4.78, 5) is 17.5. The molecule has 6 heteroatoms. The molecule has 2 heterocycles. The van der Waals surface area contributed by atoms with E-state index in [0.29, 0.717) is 27.9 Å². The lowest BCUT2D eigenvalue weighted by Crippen LogP contribution is -2.28. The fraction of sp³-hybridized carbons (Fsp3) is 0.100. The van der Waals surface area contributed by atoms with Crippen molar-refractivity contribution in [2.75, 3.05) is 7.11 Å². The smallest absolute Gasteiger partial charge is 0.254 e. The number of ether oxygens (including phenoxy) is 1. The maximum atomic E-state index is 13.0. The quantitative estimate of drug-likeness (QED) is 0.714. The summed E-state index contributed by atoms with van der Waals surface area (Å²) < 4.78 is 6.52. The Hall–Kier alpha value is -3.90. The summed E-state index contributed by atoms with van der Waals surface area (Å²) in [7, 11) is 1.56. The predicted octanol–water partition coefficient (Wildman–Crippen LogP) is 3.27. The highest BCUT2D eigenvalue weighted by Gasteiger charge is 2.37. The summed E-state index contributed by atoms with van der Waals surface area (Å²) >= 11 is 0. The lowest BCUT2D eigenvalue weighted by molar-refractivity contribution is 0.0892. The van der Waals surface area contributed by atoms with Crippen molar-refractivity contribution in [1.29, 1.82) is 10.5 Å². The summed E-state index contributed by atoms with van der Waals surface area (Å²) in [5.74, 6) is -0.559. The number of rotatable bonds is 2. The average molecular weight is 340 g/mol. The zero-order valence-corrected chi connectivity index (χ0v) is 13.8. The van der Waals surface area contributed by atoms with Gasteiger partial charge >= 0.3 is 0 Å². The summed E-state index contributed by atoms with van der Waals surface area (Å²) in [5, 5.41) is 19.5. The van der Waals surface area contributed by atoms with E-state index in [1.54, 1.807) is 49.6 Å². The Labute approximate surface area is 149 Å². The van der Waals surface area contributed by atoms with Gasteiger partial charge in [0.2, 0.25) is 0 Å². The normalized spacial score (nSPS) is 16.1. The van der Waals surface area contributed by atoms with Gasteiger partial charge in [-0.05, 0) is 29.8 Å². The second-order valence-electron chi connectivity index (χ2n) is 5.79. The molecule has 1 aliphatic rings. The Morgan fingerprint density at radius 2 is 1.85 bits per heavy atom. The molecule has 1 aliphatic heterocycles. The van der Waals surface area contributed by atoms with E-state index in [9.17, 15) is 15.3 Å². The van der Waals surface area contributed by atoms with E-state index in [0.717, 1.165) is 0 Å². The van der Waals surface area contributed by atoms with Crippen molar-refractivity contribution in [2.24, 2.45) is 5.92 Å². The number of hydrogen-bond donors (Lipinski definition) is 0. The van der Waals surface area contributed by atoms with Crippen LogP contribution in [-0.2, 0) is 0 Å². The van der Waals surface area contributed by atoms with E-state index < -0.39 is 11.8 Å². The van der Waals surface area contributed by atoms with E-state index in [-0.39, 0.29) is 11.4 Å². The maximum absolute atomic E-state index is 13.0. The fourth-order valence-corrected chi connectivity index (χ4v) is 3.25. The molecule has 0 aliphatic carbocycles. The van der Waals surface area contributed by atoms with Gasteiger partial charge in [0.25, 0.3) is 5.91 Å². The molecule has 26 heavy (non-hydrogen) atoms. The average Bonchev–Trinajstić information content (AvgIpc) is 3.07. The first-order valence-corrected chi connectivity index (χ1v) is 7.90. The van der Waals surface area contributed by atoms with Gasteiger partial charge < -0.3 is 4.74 Å². The zero-order chi connectivity index (χ0) is 18.3. The number of hydrogen-bond acceptors (Lipinski definition) is 5. The summed E-state index contributed by atoms with van der Waals surface area (Å²) in [6, 6.07) is 18.3. The van der Waals surface area contributed by atoms with Crippen LogP contribution >= 0.6 is 0 Å². The van der Waals surface area contributed by atoms with Crippen molar-refractivity contribution in [1.82, 2.24) is 9.55 Å². The minimum atomic E-state index is -1.08. The molecular weight excluding hydrogens is 328 g/mol. The number of allylic oxidation sites excluding steroid dienone is 2. The molecule has 3 aromatic rings. The Bertz CT molecular complexity index is 1160. The van der Waals surface area contributed by atoms with Crippen LogP contribution in [0.5, 0.6) is 5.75 Å². The van der Waals surface area contributed by atoms with Crippen LogP contribution in [0.1, 0.15) is 16.2 Å². The van der Waals surface area contributed by atoms with Crippen molar-refractivity contribution in [3.8, 4) is 17.9 Å². The summed E-state index contributed by atoms with van der Waals surface area (Å²) in [5.41, 5.74) is 2.44. The minimum absolute atomic E-state index is 0.234. The molecule has 2 aromatic carbocycles. The van der Waals surface area contributed by atoms with Gasteiger partial charge in [0.05, 0.1) is 24.2 Å². The van der Waals surface area contributed by atoms with Gasteiger partial charge in [0, 0.05) is 5.57 Å². The fourth-order valence-electron chi connectivity index (χ4n) is 3.25. The van der Waals surface area contributed by atoms with Gasteiger partial charge in [-0.3, -0.25) is 9.36 Å². The third kappa shape index (κ3) is 2.10. The van der Waals surface area contributed by atoms with Crippen LogP contribution in [-0.4, -0.2) is 22.6 Å². The number of methoxy groups -OCH3 is 1. The van der Waals surface area contributed by atoms with Crippen LogP contribution in [0.4, 0.5) is 0 Å². The first kappa shape index (κ1) is 15.6. The second-order valence-corrected chi connectivity index (χ2v) is 5.79. The van der Waals surface area contributed by atoms with Crippen molar-refractivity contribution < 1.29 is 9.53 Å². The topological polar surface area (TPSA) is 91.7 Å². The van der Waals surface area contributed by atoms with Gasteiger partial charge in [-0.2, -0.15) is 10.5 Å². The minimum Gasteiger partial charge on any atom is -0.497 e. The van der Waals surface area contributed by atoms with Gasteiger partial charge in [-0.25, -0.2) is 4.98 Å². The maximum Gasteiger partial charge on any atom is 0.254 e. The number of carbonyl (C=O) groups is 1. The van der Waals surface area contributed by atoms with Crippen molar-refractivity contribution in [3.63, 3.8) is 0 Å². The number of aromatic nitrogens is 2. The number of carbonyl (C=O) groups excluding carboxylic acids is 1. The highest BCUT2D eigenvalue weighted by molar-refractivity contribution is 6.13. The largest absolute Gasteiger partial charge is 0.497 e. The van der Waals surface area contributed by atoms with Gasteiger partial charge in [-0.15, -0.1) is 0 Å². The molecular formula is C20H12N4O2. The van der Waals surface area contributed by atoms with E-state index in [2.05, 4.69) is 17.1 Å². The van der Waals surface area contributed by atoms with Crippen LogP contribution in [0.2, 0.25) is 0 Å². The molecule has 0 N–H and O–H groups in total. The van der Waals surface area contributed by atoms with Crippen molar-refractivity contribution in [3.05, 3.63) is 59.9 Å². The molecule has 1 atom stereocenters. The van der Waals surface area contributed by atoms with E-state index >= 15 is 0 Å². The molecule has 124 valence electrons. The highest BCUT2D eigenvalue weighted by Crippen LogP contribution is 2.39. The zero-order valence-electron chi connectivity index (χ0n) is 13.8. The molecule has 0 radical (unpaired) electrons. The van der Waals surface area contributed by atoms with Crippen LogP contribution in [0.15, 0.2) is 48.5 Å². The molecule has 4 rings (SSSR count). The molecule has 0 saturated carbocycles. The third-order valence-electron chi connectivity index (χ3n) is 4.45. The van der Waals surface area contributed by atoms with Crippen molar-refractivity contribution in [2.45, 2.75) is 0 Å². The summed E-state index contributed by atoms with van der Waals surface area (Å²) in [6.45, 7) is 0. The monoisotopic (exact) mass is 340 g/mol. The van der Waals surface area contributed by atoms with Crippen molar-refractivity contribution >= 4 is 28.1 Å². The standard InChI is InChI=1S/C20H12N4O2/c1-26-13-8-6-12(7-9-13)18-14(10-21)19-23-16-4-2-3-5-17(16)24(19)20(25)15(18)11-22/h2-9,15H,1H3/t15-/m1/s1. The van der Waals surface area contributed by atoms with E-state index in [1.165, 1.54) is 4.57 Å². The number of imidazole rings is 1. The molecule has 0 spiro atoms. The SMILES string of the molecule is COc1ccc(C2=C(C#N)c3nc4ccccc4n3C(=O)[C@@H]2C#N)cc1. The lowest BCUT2D eigenvalue weighted by atomic mass is 9.86. The molecule has 1 aromatic heterocycles. The molecule has 0 unspecified atom stereocenters. The molecule has 0 amide bonds. The lowest BCUT2D eigenvalue weighted by Gasteiger charge is -2.22. The third-order valence-corrected chi connectivity index (χ3v) is 4.45. The number of para-hydroxylation sites is 2. The number of nitrogens with zero attached hydrogens (tertiary/aromatic N) is 4. The molecule has 0 bridgehead atoms. The number of fused-ring (bicyclic) bond motifs is 3. The van der Waals surface area contributed by atoms with Gasteiger partial charge in [-0.1, -0.05) is 24.3 Å². The van der Waals surface area contributed by atoms with Crippen LogP contribution in [0.3, 0.4) is 0 Å². The number of nitriles is 2. The highest BCUT2D eigenvalue weighted by atomic mass is 16.5. The predicted molar refractivity (Wildman–Crippen MR) is 94.9 cm³/mol. The molecule has 6 nitrogen and oxygen atoms in total. The first-order valence-electron chi connectivity index (χ1n) is 7.90. The van der Waals surface area contributed by atoms with Crippen LogP contribution in [0, 0.1) is 28.6 Å².